The van der Waals surface area contributed by atoms with Crippen LogP contribution >= 0.6 is 0 Å². The normalized spacial score (nSPS) is 10.9. The minimum atomic E-state index is -0.522. The largest absolute Gasteiger partial charge is 0.327 e. The number of rotatable bonds is 8. The Morgan fingerprint density at radius 3 is 2.21 bits per heavy atom. The van der Waals surface area contributed by atoms with Crippen LogP contribution in [0.5, 0.6) is 0 Å². The van der Waals surface area contributed by atoms with Gasteiger partial charge in [-0.05, 0) is 57.0 Å². The van der Waals surface area contributed by atoms with E-state index in [2.05, 4.69) is 5.32 Å². The molecule has 3 aromatic carbocycles. The predicted octanol–water partition coefficient (Wildman–Crippen LogP) is 5.55. The lowest BCUT2D eigenvalue weighted by Crippen LogP contribution is -2.42. The van der Waals surface area contributed by atoms with E-state index < -0.39 is 10.8 Å². The molecule has 4 aromatic rings. The third-order valence-corrected chi connectivity index (χ3v) is 6.25. The zero-order chi connectivity index (χ0) is 27.4. The van der Waals surface area contributed by atoms with Crippen LogP contribution < -0.4 is 5.32 Å². The third kappa shape index (κ3) is 5.46. The smallest absolute Gasteiger partial charge is 0.269 e. The van der Waals surface area contributed by atoms with Crippen molar-refractivity contribution in [1.29, 1.82) is 0 Å². The van der Waals surface area contributed by atoms with Crippen LogP contribution in [0, 0.1) is 24.0 Å². The molecule has 0 saturated heterocycles. The molecule has 194 valence electrons. The van der Waals surface area contributed by atoms with Crippen molar-refractivity contribution in [3.05, 3.63) is 106 Å². The minimum absolute atomic E-state index is 0.108. The standard InChI is InChI=1S/C29H29N5O4/c1-19(2)32(29(36)23-14-16-24(17-15-23)34(37)38)18-26(35)30-28-27(22-11-6-5-7-12-22)21(4)31-33(28)25-13-9-8-10-20(25)3/h5-17,19H,18H2,1-4H3,(H,30,35). The molecular formula is C29H29N5O4. The first-order valence-corrected chi connectivity index (χ1v) is 12.2. The number of amides is 2. The lowest BCUT2D eigenvalue weighted by Gasteiger charge is -2.26. The Kier molecular flexibility index (Phi) is 7.66. The highest BCUT2D eigenvalue weighted by Crippen LogP contribution is 2.34. The number of nitrogens with zero attached hydrogens (tertiary/aromatic N) is 4. The Morgan fingerprint density at radius 1 is 0.974 bits per heavy atom. The number of hydrogen-bond acceptors (Lipinski definition) is 5. The number of aromatic nitrogens is 2. The van der Waals surface area contributed by atoms with Crippen LogP contribution in [0.4, 0.5) is 11.5 Å². The van der Waals surface area contributed by atoms with E-state index in [0.717, 1.165) is 28.1 Å². The molecule has 0 atom stereocenters. The summed E-state index contributed by atoms with van der Waals surface area (Å²) in [4.78, 5) is 38.6. The van der Waals surface area contributed by atoms with Crippen molar-refractivity contribution in [1.82, 2.24) is 14.7 Å². The fourth-order valence-electron chi connectivity index (χ4n) is 4.28. The van der Waals surface area contributed by atoms with Gasteiger partial charge in [-0.15, -0.1) is 0 Å². The van der Waals surface area contributed by atoms with E-state index in [0.29, 0.717) is 5.82 Å². The van der Waals surface area contributed by atoms with Crippen molar-refractivity contribution in [3.63, 3.8) is 0 Å². The van der Waals surface area contributed by atoms with Crippen LogP contribution in [0.15, 0.2) is 78.9 Å². The van der Waals surface area contributed by atoms with E-state index in [1.807, 2.05) is 82.3 Å². The van der Waals surface area contributed by atoms with Gasteiger partial charge in [0.1, 0.15) is 12.4 Å². The fourth-order valence-corrected chi connectivity index (χ4v) is 4.28. The van der Waals surface area contributed by atoms with Crippen LogP contribution in [-0.4, -0.2) is 44.0 Å². The molecule has 0 aliphatic heterocycles. The van der Waals surface area contributed by atoms with Gasteiger partial charge in [-0.25, -0.2) is 4.68 Å². The molecule has 0 aliphatic rings. The third-order valence-electron chi connectivity index (χ3n) is 6.25. The van der Waals surface area contributed by atoms with Gasteiger partial charge < -0.3 is 10.2 Å². The first-order chi connectivity index (χ1) is 18.2. The molecule has 4 rings (SSSR count). The number of para-hydroxylation sites is 1. The zero-order valence-electron chi connectivity index (χ0n) is 21.7. The molecule has 0 unspecified atom stereocenters. The molecule has 0 saturated carbocycles. The molecule has 0 aliphatic carbocycles. The second-order valence-electron chi connectivity index (χ2n) is 9.25. The van der Waals surface area contributed by atoms with Crippen LogP contribution in [0.2, 0.25) is 0 Å². The Bertz CT molecular complexity index is 1480. The SMILES string of the molecule is Cc1ccccc1-n1nc(C)c(-c2ccccc2)c1NC(=O)CN(C(=O)c1ccc([N+](=O)[O-])cc1)C(C)C. The van der Waals surface area contributed by atoms with E-state index in [4.69, 9.17) is 5.10 Å². The molecule has 0 bridgehead atoms. The molecule has 38 heavy (non-hydrogen) atoms. The average molecular weight is 512 g/mol. The highest BCUT2D eigenvalue weighted by molar-refractivity contribution is 6.01. The summed E-state index contributed by atoms with van der Waals surface area (Å²) in [7, 11) is 0. The van der Waals surface area contributed by atoms with E-state index in [-0.39, 0.29) is 29.7 Å². The summed E-state index contributed by atoms with van der Waals surface area (Å²) < 4.78 is 1.72. The quantitative estimate of drug-likeness (QED) is 0.246. The Hall–Kier alpha value is -4.79. The van der Waals surface area contributed by atoms with Gasteiger partial charge in [0.05, 0.1) is 16.3 Å². The number of nitro groups is 1. The van der Waals surface area contributed by atoms with Crippen molar-refractivity contribution < 1.29 is 14.5 Å². The number of hydrogen-bond donors (Lipinski definition) is 1. The summed E-state index contributed by atoms with van der Waals surface area (Å²) in [6, 6.07) is 22.5. The first kappa shape index (κ1) is 26.3. The number of non-ortho nitro benzene ring substituents is 1. The topological polar surface area (TPSA) is 110 Å². The van der Waals surface area contributed by atoms with Gasteiger partial charge in [0.2, 0.25) is 5.91 Å². The number of nitrogens with one attached hydrogen (secondary N) is 1. The number of aryl methyl sites for hydroxylation is 2. The number of benzene rings is 3. The molecule has 0 radical (unpaired) electrons. The summed E-state index contributed by atoms with van der Waals surface area (Å²) in [6.45, 7) is 7.29. The van der Waals surface area contributed by atoms with Crippen LogP contribution in [0.1, 0.15) is 35.5 Å². The summed E-state index contributed by atoms with van der Waals surface area (Å²) in [5.74, 6) is -0.266. The second-order valence-corrected chi connectivity index (χ2v) is 9.25. The fraction of sp³-hybridized carbons (Fsp3) is 0.207. The molecular weight excluding hydrogens is 482 g/mol. The van der Waals surface area contributed by atoms with Crippen molar-refractivity contribution in [3.8, 4) is 16.8 Å². The molecule has 2 amide bonds. The van der Waals surface area contributed by atoms with E-state index in [9.17, 15) is 19.7 Å². The van der Waals surface area contributed by atoms with Gasteiger partial charge in [0, 0.05) is 29.3 Å². The maximum atomic E-state index is 13.4. The molecule has 0 fully saturated rings. The monoisotopic (exact) mass is 511 g/mol. The van der Waals surface area contributed by atoms with Crippen molar-refractivity contribution >= 4 is 23.3 Å². The summed E-state index contributed by atoms with van der Waals surface area (Å²) >= 11 is 0. The number of nitro benzene ring substituents is 1. The molecule has 9 heteroatoms. The number of anilines is 1. The van der Waals surface area contributed by atoms with Crippen molar-refractivity contribution in [2.45, 2.75) is 33.7 Å². The van der Waals surface area contributed by atoms with Gasteiger partial charge in [0.25, 0.3) is 11.6 Å². The van der Waals surface area contributed by atoms with Crippen molar-refractivity contribution in [2.75, 3.05) is 11.9 Å². The summed E-state index contributed by atoms with van der Waals surface area (Å²) in [5.41, 5.74) is 4.42. The molecule has 1 heterocycles. The van der Waals surface area contributed by atoms with Crippen LogP contribution in [-0.2, 0) is 4.79 Å². The average Bonchev–Trinajstić information content (AvgIpc) is 3.22. The Balaban J connectivity index is 1.67. The first-order valence-electron chi connectivity index (χ1n) is 12.2. The zero-order valence-corrected chi connectivity index (χ0v) is 21.7. The molecule has 1 aromatic heterocycles. The summed E-state index contributed by atoms with van der Waals surface area (Å²) in [5, 5.41) is 18.8. The molecule has 0 spiro atoms. The number of carbonyl (C=O) groups is 2. The predicted molar refractivity (Wildman–Crippen MR) is 146 cm³/mol. The van der Waals surface area contributed by atoms with E-state index >= 15 is 0 Å². The van der Waals surface area contributed by atoms with Gasteiger partial charge in [0.15, 0.2) is 0 Å². The molecule has 9 nitrogen and oxygen atoms in total. The van der Waals surface area contributed by atoms with Gasteiger partial charge in [-0.2, -0.15) is 5.10 Å². The van der Waals surface area contributed by atoms with E-state index in [1.54, 1.807) is 4.68 Å². The van der Waals surface area contributed by atoms with Gasteiger partial charge in [-0.1, -0.05) is 48.5 Å². The highest BCUT2D eigenvalue weighted by Gasteiger charge is 2.25. The lowest BCUT2D eigenvalue weighted by molar-refractivity contribution is -0.384. The maximum Gasteiger partial charge on any atom is 0.269 e. The lowest BCUT2D eigenvalue weighted by atomic mass is 10.1. The van der Waals surface area contributed by atoms with E-state index in [1.165, 1.54) is 29.2 Å². The Labute approximate surface area is 220 Å². The van der Waals surface area contributed by atoms with Crippen LogP contribution in [0.25, 0.3) is 16.8 Å². The number of carbonyl (C=O) groups excluding carboxylic acids is 2. The maximum absolute atomic E-state index is 13.4. The van der Waals surface area contributed by atoms with Gasteiger partial charge >= 0.3 is 0 Å². The van der Waals surface area contributed by atoms with Crippen LogP contribution in [0.3, 0.4) is 0 Å². The molecule has 1 N–H and O–H groups in total. The summed E-state index contributed by atoms with van der Waals surface area (Å²) in [6.07, 6.45) is 0. The Morgan fingerprint density at radius 2 is 1.61 bits per heavy atom. The van der Waals surface area contributed by atoms with Crippen molar-refractivity contribution in [2.24, 2.45) is 0 Å². The minimum Gasteiger partial charge on any atom is -0.327 e. The van der Waals surface area contributed by atoms with Gasteiger partial charge in [-0.3, -0.25) is 19.7 Å². The highest BCUT2D eigenvalue weighted by atomic mass is 16.6. The second kappa shape index (κ2) is 11.1.